The van der Waals surface area contributed by atoms with Crippen molar-refractivity contribution in [2.24, 2.45) is 0 Å². The summed E-state index contributed by atoms with van der Waals surface area (Å²) in [5.41, 5.74) is 0.593. The van der Waals surface area contributed by atoms with Gasteiger partial charge in [0.1, 0.15) is 0 Å². The topological polar surface area (TPSA) is 61.6 Å². The third kappa shape index (κ3) is 3.10. The number of esters is 1. The predicted molar refractivity (Wildman–Crippen MR) is 64.5 cm³/mol. The van der Waals surface area contributed by atoms with E-state index in [9.17, 15) is 4.79 Å². The van der Waals surface area contributed by atoms with Gasteiger partial charge in [0.2, 0.25) is 5.76 Å². The summed E-state index contributed by atoms with van der Waals surface area (Å²) in [5, 5.41) is 0. The van der Waals surface area contributed by atoms with E-state index in [1.54, 1.807) is 13.8 Å². The van der Waals surface area contributed by atoms with E-state index in [1.165, 1.54) is 0 Å². The molecule has 0 saturated carbocycles. The fourth-order valence-electron chi connectivity index (χ4n) is 2.10. The lowest BCUT2D eigenvalue weighted by atomic mass is 10.1. The average Bonchev–Trinajstić information content (AvgIpc) is 2.96. The van der Waals surface area contributed by atoms with Crippen molar-refractivity contribution in [3.8, 4) is 0 Å². The van der Waals surface area contributed by atoms with E-state index in [4.69, 9.17) is 13.9 Å². The lowest BCUT2D eigenvalue weighted by Gasteiger charge is -2.06. The van der Waals surface area contributed by atoms with Crippen LogP contribution in [0.15, 0.2) is 4.42 Å². The molecule has 5 heteroatoms. The third-order valence-electron chi connectivity index (χ3n) is 3.01. The van der Waals surface area contributed by atoms with Crippen LogP contribution in [-0.4, -0.2) is 30.3 Å². The first-order valence-corrected chi connectivity index (χ1v) is 6.45. The summed E-state index contributed by atoms with van der Waals surface area (Å²) in [6.45, 7) is 4.71. The summed E-state index contributed by atoms with van der Waals surface area (Å²) in [5.74, 6) is 0.371. The van der Waals surface area contributed by atoms with Gasteiger partial charge >= 0.3 is 5.97 Å². The highest BCUT2D eigenvalue weighted by Crippen LogP contribution is 2.19. The molecule has 1 saturated heterocycles. The van der Waals surface area contributed by atoms with Crippen molar-refractivity contribution < 1.29 is 18.7 Å². The molecule has 1 unspecified atom stereocenters. The molecule has 5 nitrogen and oxygen atoms in total. The molecule has 0 aromatic carbocycles. The van der Waals surface area contributed by atoms with Gasteiger partial charge in [-0.3, -0.25) is 0 Å². The smallest absolute Gasteiger partial charge is 0.376 e. The predicted octanol–water partition coefficient (Wildman–Crippen LogP) is 2.27. The van der Waals surface area contributed by atoms with E-state index < -0.39 is 5.97 Å². The van der Waals surface area contributed by atoms with Crippen LogP contribution < -0.4 is 0 Å². The van der Waals surface area contributed by atoms with Crippen molar-refractivity contribution in [1.82, 2.24) is 4.98 Å². The Morgan fingerprint density at radius 3 is 3.06 bits per heavy atom. The van der Waals surface area contributed by atoms with E-state index >= 15 is 0 Å². The Hall–Kier alpha value is -1.36. The Balaban J connectivity index is 1.93. The van der Waals surface area contributed by atoms with Gasteiger partial charge in [-0.25, -0.2) is 9.78 Å². The standard InChI is InChI=1S/C13H19NO4/c1-3-16-13(15)12-9(2)14-11(18-12)7-6-10-5-4-8-17-10/h10H,3-8H2,1-2H3. The zero-order chi connectivity index (χ0) is 13.0. The summed E-state index contributed by atoms with van der Waals surface area (Å²) in [7, 11) is 0. The van der Waals surface area contributed by atoms with Crippen LogP contribution in [0.25, 0.3) is 0 Å². The molecule has 0 N–H and O–H groups in total. The minimum absolute atomic E-state index is 0.221. The molecule has 18 heavy (non-hydrogen) atoms. The van der Waals surface area contributed by atoms with Crippen LogP contribution in [0, 0.1) is 6.92 Å². The fraction of sp³-hybridized carbons (Fsp3) is 0.692. The van der Waals surface area contributed by atoms with Crippen LogP contribution in [0.3, 0.4) is 0 Å². The molecular formula is C13H19NO4. The van der Waals surface area contributed by atoms with Gasteiger partial charge in [-0.1, -0.05) is 0 Å². The molecule has 100 valence electrons. The van der Waals surface area contributed by atoms with Crippen LogP contribution >= 0.6 is 0 Å². The van der Waals surface area contributed by atoms with Crippen LogP contribution in [0.5, 0.6) is 0 Å². The summed E-state index contributed by atoms with van der Waals surface area (Å²) in [4.78, 5) is 15.8. The quantitative estimate of drug-likeness (QED) is 0.753. The van der Waals surface area contributed by atoms with Gasteiger partial charge in [-0.2, -0.15) is 0 Å². The normalized spacial score (nSPS) is 19.1. The van der Waals surface area contributed by atoms with Crippen LogP contribution in [0.1, 0.15) is 48.3 Å². The maximum atomic E-state index is 11.6. The second-order valence-corrected chi connectivity index (χ2v) is 4.42. The molecule has 0 bridgehead atoms. The Bertz CT molecular complexity index is 407. The Morgan fingerprint density at radius 1 is 1.56 bits per heavy atom. The molecule has 2 rings (SSSR count). The molecular weight excluding hydrogens is 234 g/mol. The highest BCUT2D eigenvalue weighted by molar-refractivity contribution is 5.87. The number of oxazole rings is 1. The van der Waals surface area contributed by atoms with Gasteiger partial charge in [-0.15, -0.1) is 0 Å². The molecule has 1 atom stereocenters. The summed E-state index contributed by atoms with van der Waals surface area (Å²) >= 11 is 0. The SMILES string of the molecule is CCOC(=O)c1oc(CCC2CCCO2)nc1C. The number of aryl methyl sites for hydroxylation is 2. The number of hydrogen-bond donors (Lipinski definition) is 0. The number of aromatic nitrogens is 1. The second kappa shape index (κ2) is 6.00. The molecule has 2 heterocycles. The van der Waals surface area contributed by atoms with E-state index in [1.807, 2.05) is 0 Å². The number of nitrogens with zero attached hydrogens (tertiary/aromatic N) is 1. The van der Waals surface area contributed by atoms with E-state index in [-0.39, 0.29) is 5.76 Å². The summed E-state index contributed by atoms with van der Waals surface area (Å²) in [6.07, 6.45) is 4.13. The molecule has 0 radical (unpaired) electrons. The van der Waals surface area contributed by atoms with Gasteiger partial charge < -0.3 is 13.9 Å². The molecule has 0 amide bonds. The Morgan fingerprint density at radius 2 is 2.39 bits per heavy atom. The van der Waals surface area contributed by atoms with Crippen LogP contribution in [0.2, 0.25) is 0 Å². The van der Waals surface area contributed by atoms with E-state index in [0.717, 1.165) is 25.9 Å². The number of rotatable bonds is 5. The van der Waals surface area contributed by atoms with Crippen molar-refractivity contribution in [3.05, 3.63) is 17.3 Å². The molecule has 1 aliphatic rings. The zero-order valence-corrected chi connectivity index (χ0v) is 10.9. The largest absolute Gasteiger partial charge is 0.460 e. The van der Waals surface area contributed by atoms with Crippen molar-refractivity contribution in [1.29, 1.82) is 0 Å². The highest BCUT2D eigenvalue weighted by atomic mass is 16.5. The molecule has 1 aromatic rings. The maximum absolute atomic E-state index is 11.6. The van der Waals surface area contributed by atoms with Gasteiger partial charge in [0.15, 0.2) is 5.89 Å². The van der Waals surface area contributed by atoms with E-state index in [2.05, 4.69) is 4.98 Å². The first-order chi connectivity index (χ1) is 8.70. The number of hydrogen-bond acceptors (Lipinski definition) is 5. The molecule has 0 spiro atoms. The van der Waals surface area contributed by atoms with Crippen LogP contribution in [0.4, 0.5) is 0 Å². The molecule has 1 aliphatic heterocycles. The lowest BCUT2D eigenvalue weighted by Crippen LogP contribution is -2.06. The number of carbonyl (C=O) groups excluding carboxylic acids is 1. The minimum atomic E-state index is -0.439. The number of ether oxygens (including phenoxy) is 2. The van der Waals surface area contributed by atoms with Gasteiger partial charge in [0, 0.05) is 13.0 Å². The van der Waals surface area contributed by atoms with Crippen molar-refractivity contribution in [2.45, 2.75) is 45.6 Å². The highest BCUT2D eigenvalue weighted by Gasteiger charge is 2.20. The Labute approximate surface area is 106 Å². The van der Waals surface area contributed by atoms with Gasteiger partial charge in [-0.05, 0) is 33.1 Å². The second-order valence-electron chi connectivity index (χ2n) is 4.42. The van der Waals surface area contributed by atoms with Crippen LogP contribution in [-0.2, 0) is 15.9 Å². The summed E-state index contributed by atoms with van der Waals surface area (Å²) in [6, 6.07) is 0. The first kappa shape index (κ1) is 13.1. The monoisotopic (exact) mass is 253 g/mol. The van der Waals surface area contributed by atoms with Gasteiger partial charge in [0.25, 0.3) is 0 Å². The van der Waals surface area contributed by atoms with Crippen molar-refractivity contribution in [3.63, 3.8) is 0 Å². The van der Waals surface area contributed by atoms with Crippen molar-refractivity contribution >= 4 is 5.97 Å². The zero-order valence-electron chi connectivity index (χ0n) is 10.9. The molecule has 1 fully saturated rings. The average molecular weight is 253 g/mol. The van der Waals surface area contributed by atoms with Gasteiger partial charge in [0.05, 0.1) is 18.4 Å². The first-order valence-electron chi connectivity index (χ1n) is 6.45. The molecule has 0 aliphatic carbocycles. The van der Waals surface area contributed by atoms with Crippen molar-refractivity contribution in [2.75, 3.05) is 13.2 Å². The summed E-state index contributed by atoms with van der Waals surface area (Å²) < 4.78 is 15.9. The minimum Gasteiger partial charge on any atom is -0.460 e. The lowest BCUT2D eigenvalue weighted by molar-refractivity contribution is 0.0486. The number of carbonyl (C=O) groups is 1. The molecule has 1 aromatic heterocycles. The fourth-order valence-corrected chi connectivity index (χ4v) is 2.10. The maximum Gasteiger partial charge on any atom is 0.376 e. The Kier molecular flexibility index (Phi) is 4.36. The van der Waals surface area contributed by atoms with E-state index in [0.29, 0.717) is 30.7 Å². The third-order valence-corrected chi connectivity index (χ3v) is 3.01.